The summed E-state index contributed by atoms with van der Waals surface area (Å²) in [5, 5.41) is -0.0452. The van der Waals surface area contributed by atoms with E-state index in [1.165, 1.54) is 18.3 Å². The molecule has 116 valence electrons. The fourth-order valence-electron chi connectivity index (χ4n) is 2.28. The minimum absolute atomic E-state index is 0.0220. The number of primary amides is 1. The van der Waals surface area contributed by atoms with Gasteiger partial charge in [0.25, 0.3) is 0 Å². The average Bonchev–Trinajstić information content (AvgIpc) is 2.40. The van der Waals surface area contributed by atoms with Gasteiger partial charge in [-0.2, -0.15) is 0 Å². The Labute approximate surface area is 128 Å². The molecule has 2 heterocycles. The number of carbonyl (C=O) groups excluding carboxylic acids is 1. The van der Waals surface area contributed by atoms with Crippen molar-refractivity contribution in [2.75, 3.05) is 19.6 Å². The number of sulfonamides is 1. The van der Waals surface area contributed by atoms with E-state index in [2.05, 4.69) is 9.71 Å². The summed E-state index contributed by atoms with van der Waals surface area (Å²) in [7, 11) is -3.69. The zero-order valence-electron chi connectivity index (χ0n) is 11.3. The molecule has 1 fully saturated rings. The van der Waals surface area contributed by atoms with E-state index in [4.69, 9.17) is 17.3 Å². The number of likely N-dealkylation sites (tertiary alicyclic amines) is 1. The van der Waals surface area contributed by atoms with Gasteiger partial charge >= 0.3 is 0 Å². The monoisotopic (exact) mass is 332 g/mol. The summed E-state index contributed by atoms with van der Waals surface area (Å²) in [5.41, 5.74) is 5.14. The van der Waals surface area contributed by atoms with Gasteiger partial charge in [0.2, 0.25) is 15.9 Å². The average molecular weight is 333 g/mol. The largest absolute Gasteiger partial charge is 0.369 e. The molecule has 0 radical (unpaired) electrons. The normalized spacial score (nSPS) is 17.8. The molecular weight excluding hydrogens is 316 g/mol. The van der Waals surface area contributed by atoms with Crippen LogP contribution in [0.4, 0.5) is 0 Å². The van der Waals surface area contributed by atoms with E-state index in [9.17, 15) is 13.2 Å². The van der Waals surface area contributed by atoms with Gasteiger partial charge in [-0.3, -0.25) is 9.69 Å². The van der Waals surface area contributed by atoms with E-state index in [1.54, 1.807) is 0 Å². The highest BCUT2D eigenvalue weighted by atomic mass is 35.5. The molecule has 0 saturated carbocycles. The first kappa shape index (κ1) is 16.2. The van der Waals surface area contributed by atoms with E-state index in [1.807, 2.05) is 4.90 Å². The molecule has 1 aliphatic heterocycles. The number of rotatable bonds is 5. The van der Waals surface area contributed by atoms with Crippen LogP contribution in [-0.2, 0) is 14.8 Å². The smallest absolute Gasteiger partial charge is 0.243 e. The molecule has 0 spiro atoms. The molecule has 21 heavy (non-hydrogen) atoms. The predicted molar refractivity (Wildman–Crippen MR) is 78.2 cm³/mol. The molecule has 1 aliphatic rings. The topological polar surface area (TPSA) is 105 Å². The molecule has 1 aromatic heterocycles. The number of hydrogen-bond donors (Lipinski definition) is 2. The fourth-order valence-corrected chi connectivity index (χ4v) is 4.04. The van der Waals surface area contributed by atoms with E-state index in [0.717, 1.165) is 0 Å². The Bertz CT molecular complexity index is 615. The standard InChI is InChI=1S/C12H17ClN4O3S/c13-12-10(2-1-5-15-12)21(19,20)16-9-3-6-17(7-4-9)8-11(14)18/h1-2,5,9,16H,3-4,6-8H2,(H2,14,18). The van der Waals surface area contributed by atoms with Gasteiger partial charge in [0.15, 0.2) is 0 Å². The minimum Gasteiger partial charge on any atom is -0.369 e. The van der Waals surface area contributed by atoms with Gasteiger partial charge in [0.05, 0.1) is 6.54 Å². The molecule has 2 rings (SSSR count). The highest BCUT2D eigenvalue weighted by Gasteiger charge is 2.26. The highest BCUT2D eigenvalue weighted by molar-refractivity contribution is 7.89. The van der Waals surface area contributed by atoms with Crippen molar-refractivity contribution >= 4 is 27.5 Å². The molecule has 0 atom stereocenters. The first-order valence-electron chi connectivity index (χ1n) is 6.52. The maximum absolute atomic E-state index is 12.3. The third kappa shape index (κ3) is 4.37. The van der Waals surface area contributed by atoms with Crippen LogP contribution in [0.2, 0.25) is 5.15 Å². The molecule has 0 aromatic carbocycles. The summed E-state index contributed by atoms with van der Waals surface area (Å²) in [6, 6.07) is 2.76. The van der Waals surface area contributed by atoms with Crippen molar-refractivity contribution in [3.05, 3.63) is 23.5 Å². The van der Waals surface area contributed by atoms with Gasteiger partial charge in [-0.1, -0.05) is 11.6 Å². The van der Waals surface area contributed by atoms with E-state index < -0.39 is 10.0 Å². The van der Waals surface area contributed by atoms with Gasteiger partial charge in [0, 0.05) is 25.3 Å². The van der Waals surface area contributed by atoms with E-state index >= 15 is 0 Å². The van der Waals surface area contributed by atoms with Crippen LogP contribution in [0.3, 0.4) is 0 Å². The number of carbonyl (C=O) groups is 1. The molecule has 0 aliphatic carbocycles. The zero-order chi connectivity index (χ0) is 15.5. The van der Waals surface area contributed by atoms with Crippen molar-refractivity contribution in [3.63, 3.8) is 0 Å². The molecule has 0 unspecified atom stereocenters. The summed E-state index contributed by atoms with van der Waals surface area (Å²) in [4.78, 5) is 16.5. The Morgan fingerprint density at radius 1 is 1.48 bits per heavy atom. The van der Waals surface area contributed by atoms with Gasteiger partial charge in [-0.05, 0) is 25.0 Å². The first-order chi connectivity index (χ1) is 9.88. The second-order valence-electron chi connectivity index (χ2n) is 4.93. The van der Waals surface area contributed by atoms with Crippen LogP contribution in [0, 0.1) is 0 Å². The Morgan fingerprint density at radius 2 is 2.14 bits per heavy atom. The molecule has 3 N–H and O–H groups in total. The van der Waals surface area contributed by atoms with Crippen molar-refractivity contribution in [2.24, 2.45) is 5.73 Å². The third-order valence-electron chi connectivity index (χ3n) is 3.30. The summed E-state index contributed by atoms with van der Waals surface area (Å²) in [6.07, 6.45) is 2.67. The highest BCUT2D eigenvalue weighted by Crippen LogP contribution is 2.19. The lowest BCUT2D eigenvalue weighted by molar-refractivity contribution is -0.119. The van der Waals surface area contributed by atoms with Gasteiger partial charge in [-0.15, -0.1) is 0 Å². The van der Waals surface area contributed by atoms with Crippen molar-refractivity contribution in [3.8, 4) is 0 Å². The minimum atomic E-state index is -3.69. The van der Waals surface area contributed by atoms with Crippen molar-refractivity contribution in [1.82, 2.24) is 14.6 Å². The quantitative estimate of drug-likeness (QED) is 0.736. The van der Waals surface area contributed by atoms with Crippen LogP contribution in [0.1, 0.15) is 12.8 Å². The lowest BCUT2D eigenvalue weighted by Gasteiger charge is -2.31. The molecule has 1 amide bonds. The number of halogens is 1. The summed E-state index contributed by atoms with van der Waals surface area (Å²) in [5.74, 6) is -0.379. The number of nitrogens with one attached hydrogen (secondary N) is 1. The van der Waals surface area contributed by atoms with Gasteiger partial charge in [0.1, 0.15) is 10.0 Å². The van der Waals surface area contributed by atoms with Crippen LogP contribution in [0.25, 0.3) is 0 Å². The maximum Gasteiger partial charge on any atom is 0.243 e. The molecule has 1 saturated heterocycles. The fraction of sp³-hybridized carbons (Fsp3) is 0.500. The lowest BCUT2D eigenvalue weighted by atomic mass is 10.1. The Hall–Kier alpha value is -1.22. The van der Waals surface area contributed by atoms with Crippen LogP contribution in [-0.4, -0.2) is 49.9 Å². The SMILES string of the molecule is NC(=O)CN1CCC(NS(=O)(=O)c2cccnc2Cl)CC1. The summed E-state index contributed by atoms with van der Waals surface area (Å²) < 4.78 is 27.1. The number of nitrogens with zero attached hydrogens (tertiary/aromatic N) is 2. The van der Waals surface area contributed by atoms with E-state index in [-0.39, 0.29) is 28.5 Å². The number of aromatic nitrogens is 1. The van der Waals surface area contributed by atoms with Crippen LogP contribution in [0.15, 0.2) is 23.2 Å². The number of nitrogens with two attached hydrogens (primary N) is 1. The summed E-state index contributed by atoms with van der Waals surface area (Å²) in [6.45, 7) is 1.45. The number of pyridine rings is 1. The van der Waals surface area contributed by atoms with Gasteiger partial charge < -0.3 is 5.73 Å². The van der Waals surface area contributed by atoms with Crippen LogP contribution >= 0.6 is 11.6 Å². The molecular formula is C12H17ClN4O3S. The summed E-state index contributed by atoms with van der Waals surface area (Å²) >= 11 is 5.82. The number of piperidine rings is 1. The lowest BCUT2D eigenvalue weighted by Crippen LogP contribution is -2.46. The second-order valence-corrected chi connectivity index (χ2v) is 6.97. The van der Waals surface area contributed by atoms with Crippen LogP contribution < -0.4 is 10.5 Å². The van der Waals surface area contributed by atoms with Crippen LogP contribution in [0.5, 0.6) is 0 Å². The zero-order valence-corrected chi connectivity index (χ0v) is 12.9. The maximum atomic E-state index is 12.3. The third-order valence-corrected chi connectivity index (χ3v) is 5.27. The molecule has 1 aromatic rings. The predicted octanol–water partition coefficient (Wildman–Crippen LogP) is -0.0370. The van der Waals surface area contributed by atoms with E-state index in [0.29, 0.717) is 25.9 Å². The molecule has 7 nitrogen and oxygen atoms in total. The van der Waals surface area contributed by atoms with Crippen molar-refractivity contribution < 1.29 is 13.2 Å². The van der Waals surface area contributed by atoms with Crippen molar-refractivity contribution in [2.45, 2.75) is 23.8 Å². The Balaban J connectivity index is 1.97. The molecule has 0 bridgehead atoms. The van der Waals surface area contributed by atoms with Gasteiger partial charge in [-0.25, -0.2) is 18.1 Å². The number of amides is 1. The van der Waals surface area contributed by atoms with Crippen molar-refractivity contribution in [1.29, 1.82) is 0 Å². The second kappa shape index (κ2) is 6.69. The first-order valence-corrected chi connectivity index (χ1v) is 8.38. The Kier molecular flexibility index (Phi) is 5.15. The molecule has 9 heteroatoms. The Morgan fingerprint density at radius 3 is 2.71 bits per heavy atom. The number of hydrogen-bond acceptors (Lipinski definition) is 5.